The van der Waals surface area contributed by atoms with Crippen LogP contribution in [0.3, 0.4) is 0 Å². The number of rotatable bonds is 4. The zero-order valence-electron chi connectivity index (χ0n) is 13.5. The number of nitrogens with two attached hydrogens (primary N) is 1. The molecule has 0 aliphatic heterocycles. The highest BCUT2D eigenvalue weighted by atomic mass is 16.2. The molecule has 1 heterocycles. The van der Waals surface area contributed by atoms with E-state index in [1.54, 1.807) is 0 Å². The van der Waals surface area contributed by atoms with E-state index in [9.17, 15) is 4.79 Å². The van der Waals surface area contributed by atoms with Gasteiger partial charge in [0.05, 0.1) is 12.2 Å². The van der Waals surface area contributed by atoms with E-state index in [1.165, 1.54) is 9.70 Å². The van der Waals surface area contributed by atoms with Gasteiger partial charge in [0.1, 0.15) is 0 Å². The van der Waals surface area contributed by atoms with E-state index in [0.29, 0.717) is 12.2 Å². The highest BCUT2D eigenvalue weighted by molar-refractivity contribution is 5.98. The third-order valence-corrected chi connectivity index (χ3v) is 3.69. The number of carbonyl (C=O) groups is 1. The first kappa shape index (κ1) is 15.7. The Kier molecular flexibility index (Phi) is 4.24. The molecule has 0 aliphatic carbocycles. The summed E-state index contributed by atoms with van der Waals surface area (Å²) in [6.45, 7) is 4.28. The summed E-state index contributed by atoms with van der Waals surface area (Å²) in [4.78, 5) is 14.7. The highest BCUT2D eigenvalue weighted by Gasteiger charge is 2.23. The summed E-state index contributed by atoms with van der Waals surface area (Å²) in [6, 6.07) is 14.9. The number of anilines is 2. The molecule has 0 bridgehead atoms. The van der Waals surface area contributed by atoms with Gasteiger partial charge in [0.25, 0.3) is 5.95 Å². The number of tetrazole rings is 1. The van der Waals surface area contributed by atoms with Crippen molar-refractivity contribution in [1.82, 2.24) is 20.2 Å². The van der Waals surface area contributed by atoms with Gasteiger partial charge in [-0.2, -0.15) is 4.80 Å². The molecule has 122 valence electrons. The van der Waals surface area contributed by atoms with E-state index in [2.05, 4.69) is 15.4 Å². The van der Waals surface area contributed by atoms with Gasteiger partial charge in [-0.15, -0.1) is 5.10 Å². The molecule has 0 unspecified atom stereocenters. The first-order chi connectivity index (χ1) is 11.6. The third-order valence-electron chi connectivity index (χ3n) is 3.69. The molecule has 1 aromatic heterocycles. The number of amides is 2. The lowest BCUT2D eigenvalue weighted by atomic mass is 10.1. The predicted octanol–water partition coefficient (Wildman–Crippen LogP) is 2.56. The van der Waals surface area contributed by atoms with Crippen molar-refractivity contribution in [2.75, 3.05) is 4.90 Å². The van der Waals surface area contributed by atoms with Gasteiger partial charge in [0.2, 0.25) is 0 Å². The average Bonchev–Trinajstić information content (AvgIpc) is 2.99. The molecule has 3 aromatic rings. The fraction of sp³-hybridized carbons (Fsp3) is 0.176. The molecule has 2 amide bonds. The quantitative estimate of drug-likeness (QED) is 0.799. The summed E-state index contributed by atoms with van der Waals surface area (Å²) in [5.74, 6) is 0.163. The van der Waals surface area contributed by atoms with Gasteiger partial charge in [-0.05, 0) is 35.8 Å². The molecule has 0 aliphatic rings. The van der Waals surface area contributed by atoms with Crippen molar-refractivity contribution in [1.29, 1.82) is 0 Å². The highest BCUT2D eigenvalue weighted by Crippen LogP contribution is 2.28. The zero-order valence-corrected chi connectivity index (χ0v) is 13.5. The SMILES string of the molecule is Cc1cccc(C)c1N(C(N)=O)c1nnn(Cc2ccccc2)n1. The Hall–Kier alpha value is -3.22. The number of urea groups is 1. The van der Waals surface area contributed by atoms with E-state index < -0.39 is 6.03 Å². The Bertz CT molecular complexity index is 838. The van der Waals surface area contributed by atoms with E-state index in [4.69, 9.17) is 5.73 Å². The summed E-state index contributed by atoms with van der Waals surface area (Å²) in [5.41, 5.74) is 9.12. The first-order valence-corrected chi connectivity index (χ1v) is 7.54. The molecular weight excluding hydrogens is 304 g/mol. The van der Waals surface area contributed by atoms with Crippen molar-refractivity contribution < 1.29 is 4.79 Å². The minimum absolute atomic E-state index is 0.163. The third kappa shape index (κ3) is 3.10. The van der Waals surface area contributed by atoms with E-state index >= 15 is 0 Å². The lowest BCUT2D eigenvalue weighted by Crippen LogP contribution is -2.33. The van der Waals surface area contributed by atoms with E-state index in [0.717, 1.165) is 16.7 Å². The van der Waals surface area contributed by atoms with Crippen LogP contribution in [0.2, 0.25) is 0 Å². The lowest BCUT2D eigenvalue weighted by Gasteiger charge is -2.20. The van der Waals surface area contributed by atoms with Crippen LogP contribution in [0.15, 0.2) is 48.5 Å². The average molecular weight is 322 g/mol. The minimum Gasteiger partial charge on any atom is -0.351 e. The van der Waals surface area contributed by atoms with Crippen molar-refractivity contribution in [3.8, 4) is 0 Å². The van der Waals surface area contributed by atoms with Crippen LogP contribution >= 0.6 is 0 Å². The number of aryl methyl sites for hydroxylation is 2. The summed E-state index contributed by atoms with van der Waals surface area (Å²) < 4.78 is 0. The van der Waals surface area contributed by atoms with Crippen LogP contribution in [0.25, 0.3) is 0 Å². The second-order valence-corrected chi connectivity index (χ2v) is 5.52. The summed E-state index contributed by atoms with van der Waals surface area (Å²) >= 11 is 0. The van der Waals surface area contributed by atoms with Crippen molar-refractivity contribution in [3.05, 3.63) is 65.2 Å². The Labute approximate surface area is 139 Å². The van der Waals surface area contributed by atoms with Crippen LogP contribution in [-0.4, -0.2) is 26.2 Å². The monoisotopic (exact) mass is 322 g/mol. The van der Waals surface area contributed by atoms with Crippen LogP contribution in [-0.2, 0) is 6.54 Å². The molecule has 2 N–H and O–H groups in total. The van der Waals surface area contributed by atoms with Gasteiger partial charge in [-0.3, -0.25) is 0 Å². The van der Waals surface area contributed by atoms with Crippen molar-refractivity contribution in [2.24, 2.45) is 5.73 Å². The van der Waals surface area contributed by atoms with Gasteiger partial charge in [-0.25, -0.2) is 9.69 Å². The van der Waals surface area contributed by atoms with E-state index in [-0.39, 0.29) is 5.95 Å². The van der Waals surface area contributed by atoms with Gasteiger partial charge in [0, 0.05) is 0 Å². The van der Waals surface area contributed by atoms with Crippen LogP contribution in [0, 0.1) is 13.8 Å². The maximum Gasteiger partial charge on any atom is 0.326 e. The first-order valence-electron chi connectivity index (χ1n) is 7.54. The van der Waals surface area contributed by atoms with E-state index in [1.807, 2.05) is 62.4 Å². The number of benzene rings is 2. The molecule has 7 nitrogen and oxygen atoms in total. The number of aromatic nitrogens is 4. The van der Waals surface area contributed by atoms with Crippen molar-refractivity contribution in [2.45, 2.75) is 20.4 Å². The molecule has 0 radical (unpaired) electrons. The maximum absolute atomic E-state index is 12.0. The van der Waals surface area contributed by atoms with Crippen LogP contribution in [0.4, 0.5) is 16.4 Å². The molecular formula is C17H18N6O. The number of hydrogen-bond donors (Lipinski definition) is 1. The van der Waals surface area contributed by atoms with Crippen molar-refractivity contribution >= 4 is 17.7 Å². The molecule has 7 heteroatoms. The molecule has 0 atom stereocenters. The fourth-order valence-electron chi connectivity index (χ4n) is 2.61. The number of nitrogens with zero attached hydrogens (tertiary/aromatic N) is 5. The maximum atomic E-state index is 12.0. The molecule has 3 rings (SSSR count). The number of carbonyl (C=O) groups excluding carboxylic acids is 1. The summed E-state index contributed by atoms with van der Waals surface area (Å²) in [7, 11) is 0. The summed E-state index contributed by atoms with van der Waals surface area (Å²) in [6.07, 6.45) is 0. The fourth-order valence-corrected chi connectivity index (χ4v) is 2.61. The summed E-state index contributed by atoms with van der Waals surface area (Å²) in [5, 5.41) is 12.3. The second-order valence-electron chi connectivity index (χ2n) is 5.52. The smallest absolute Gasteiger partial charge is 0.326 e. The minimum atomic E-state index is -0.647. The molecule has 0 fully saturated rings. The Morgan fingerprint density at radius 2 is 1.75 bits per heavy atom. The molecule has 0 spiro atoms. The molecule has 2 aromatic carbocycles. The molecule has 0 saturated heterocycles. The van der Waals surface area contributed by atoms with Crippen LogP contribution in [0.5, 0.6) is 0 Å². The van der Waals surface area contributed by atoms with Crippen LogP contribution in [0.1, 0.15) is 16.7 Å². The van der Waals surface area contributed by atoms with Gasteiger partial charge < -0.3 is 5.73 Å². The lowest BCUT2D eigenvalue weighted by molar-refractivity contribution is 0.255. The predicted molar refractivity (Wildman–Crippen MR) is 91.0 cm³/mol. The second kappa shape index (κ2) is 6.49. The Morgan fingerprint density at radius 3 is 2.38 bits per heavy atom. The normalized spacial score (nSPS) is 10.6. The van der Waals surface area contributed by atoms with Crippen molar-refractivity contribution in [3.63, 3.8) is 0 Å². The molecule has 0 saturated carbocycles. The largest absolute Gasteiger partial charge is 0.351 e. The molecule has 24 heavy (non-hydrogen) atoms. The number of para-hydroxylation sites is 1. The zero-order chi connectivity index (χ0) is 17.1. The van der Waals surface area contributed by atoms with Gasteiger partial charge in [-0.1, -0.05) is 53.6 Å². The van der Waals surface area contributed by atoms with Crippen LogP contribution < -0.4 is 10.6 Å². The standard InChI is InChI=1S/C17H18N6O/c1-12-7-6-8-13(2)15(12)23(16(18)24)17-19-21-22(20-17)11-14-9-4-3-5-10-14/h3-10H,11H2,1-2H3,(H2,18,24). The number of hydrogen-bond acceptors (Lipinski definition) is 4. The number of primary amides is 1. The topological polar surface area (TPSA) is 89.9 Å². The van der Waals surface area contributed by atoms with Gasteiger partial charge >= 0.3 is 6.03 Å². The van der Waals surface area contributed by atoms with Gasteiger partial charge in [0.15, 0.2) is 0 Å². The Balaban J connectivity index is 1.95. The Morgan fingerprint density at radius 1 is 1.08 bits per heavy atom.